The standard InChI is InChI=1S/C11H8F2N2OS/c12-6-1-2-8(13)7(3-6)9-5-17-11(15-9)4-10(14)16/h1-3,5H,4H2,(H2,14,16). The highest BCUT2D eigenvalue weighted by Gasteiger charge is 2.11. The van der Waals surface area contributed by atoms with Gasteiger partial charge in [-0.15, -0.1) is 11.3 Å². The average molecular weight is 254 g/mol. The molecular formula is C11H8F2N2OS. The summed E-state index contributed by atoms with van der Waals surface area (Å²) < 4.78 is 26.4. The van der Waals surface area contributed by atoms with Gasteiger partial charge in [0.15, 0.2) is 0 Å². The van der Waals surface area contributed by atoms with Crippen molar-refractivity contribution in [2.45, 2.75) is 6.42 Å². The zero-order valence-corrected chi connectivity index (χ0v) is 9.43. The van der Waals surface area contributed by atoms with Crippen LogP contribution >= 0.6 is 11.3 Å². The highest BCUT2D eigenvalue weighted by atomic mass is 32.1. The van der Waals surface area contributed by atoms with Gasteiger partial charge in [0.05, 0.1) is 12.1 Å². The lowest BCUT2D eigenvalue weighted by Gasteiger charge is -1.98. The minimum absolute atomic E-state index is 0.00159. The van der Waals surface area contributed by atoms with E-state index in [0.717, 1.165) is 18.2 Å². The summed E-state index contributed by atoms with van der Waals surface area (Å²) in [7, 11) is 0. The third kappa shape index (κ3) is 2.65. The molecule has 0 unspecified atom stereocenters. The van der Waals surface area contributed by atoms with Crippen LogP contribution in [-0.2, 0) is 11.2 Å². The molecule has 0 aliphatic rings. The quantitative estimate of drug-likeness (QED) is 0.912. The van der Waals surface area contributed by atoms with Gasteiger partial charge in [0.25, 0.3) is 0 Å². The summed E-state index contributed by atoms with van der Waals surface area (Å²) in [6, 6.07) is 3.14. The van der Waals surface area contributed by atoms with Crippen LogP contribution in [0.25, 0.3) is 11.3 Å². The topological polar surface area (TPSA) is 56.0 Å². The van der Waals surface area contributed by atoms with Gasteiger partial charge < -0.3 is 5.73 Å². The van der Waals surface area contributed by atoms with Gasteiger partial charge in [-0.25, -0.2) is 13.8 Å². The minimum Gasteiger partial charge on any atom is -0.369 e. The summed E-state index contributed by atoms with van der Waals surface area (Å²) in [5.74, 6) is -1.60. The van der Waals surface area contributed by atoms with Crippen LogP contribution < -0.4 is 5.73 Å². The number of nitrogens with zero attached hydrogens (tertiary/aromatic N) is 1. The first-order chi connectivity index (χ1) is 8.06. The Morgan fingerprint density at radius 3 is 2.88 bits per heavy atom. The molecule has 0 aliphatic carbocycles. The Balaban J connectivity index is 2.36. The Bertz CT molecular complexity index is 568. The lowest BCUT2D eigenvalue weighted by Crippen LogP contribution is -2.13. The van der Waals surface area contributed by atoms with Crippen molar-refractivity contribution in [3.8, 4) is 11.3 Å². The van der Waals surface area contributed by atoms with E-state index in [2.05, 4.69) is 4.98 Å². The number of amides is 1. The summed E-state index contributed by atoms with van der Waals surface area (Å²) in [4.78, 5) is 14.7. The Hall–Kier alpha value is -1.82. The zero-order valence-electron chi connectivity index (χ0n) is 8.61. The molecule has 0 fully saturated rings. The number of benzene rings is 1. The number of aromatic nitrogens is 1. The van der Waals surface area contributed by atoms with Crippen molar-refractivity contribution in [1.82, 2.24) is 4.98 Å². The van der Waals surface area contributed by atoms with E-state index in [9.17, 15) is 13.6 Å². The lowest BCUT2D eigenvalue weighted by molar-refractivity contribution is -0.117. The normalized spacial score (nSPS) is 10.5. The Labute approximate surface area is 99.9 Å². The van der Waals surface area contributed by atoms with E-state index >= 15 is 0 Å². The van der Waals surface area contributed by atoms with Crippen molar-refractivity contribution in [3.05, 3.63) is 40.2 Å². The second-order valence-electron chi connectivity index (χ2n) is 3.39. The number of carbonyl (C=O) groups excluding carboxylic acids is 1. The van der Waals surface area contributed by atoms with Crippen LogP contribution in [0.2, 0.25) is 0 Å². The first-order valence-corrected chi connectivity index (χ1v) is 5.62. The highest BCUT2D eigenvalue weighted by Crippen LogP contribution is 2.25. The number of hydrogen-bond acceptors (Lipinski definition) is 3. The monoisotopic (exact) mass is 254 g/mol. The molecule has 1 heterocycles. The van der Waals surface area contributed by atoms with Gasteiger partial charge in [0, 0.05) is 10.9 Å². The molecule has 2 aromatic rings. The van der Waals surface area contributed by atoms with Gasteiger partial charge in [0.1, 0.15) is 16.6 Å². The van der Waals surface area contributed by atoms with Crippen LogP contribution in [-0.4, -0.2) is 10.9 Å². The summed E-state index contributed by atoms with van der Waals surface area (Å²) in [6.45, 7) is 0. The second-order valence-corrected chi connectivity index (χ2v) is 4.34. The molecule has 0 bridgehead atoms. The molecule has 1 amide bonds. The Kier molecular flexibility index (Phi) is 3.14. The maximum atomic E-state index is 13.4. The minimum atomic E-state index is -0.553. The molecule has 88 valence electrons. The van der Waals surface area contributed by atoms with Crippen LogP contribution in [0.3, 0.4) is 0 Å². The zero-order chi connectivity index (χ0) is 12.4. The SMILES string of the molecule is NC(=O)Cc1nc(-c2cc(F)ccc2F)cs1. The van der Waals surface area contributed by atoms with E-state index in [1.165, 1.54) is 11.3 Å². The van der Waals surface area contributed by atoms with Crippen molar-refractivity contribution in [2.24, 2.45) is 5.73 Å². The van der Waals surface area contributed by atoms with Crippen molar-refractivity contribution in [1.29, 1.82) is 0 Å². The van der Waals surface area contributed by atoms with Crippen molar-refractivity contribution in [2.75, 3.05) is 0 Å². The number of nitrogens with two attached hydrogens (primary N) is 1. The highest BCUT2D eigenvalue weighted by molar-refractivity contribution is 7.10. The third-order valence-electron chi connectivity index (χ3n) is 2.08. The number of rotatable bonds is 3. The van der Waals surface area contributed by atoms with Crippen molar-refractivity contribution >= 4 is 17.2 Å². The van der Waals surface area contributed by atoms with E-state index in [0.29, 0.717) is 10.7 Å². The molecule has 6 heteroatoms. The fourth-order valence-corrected chi connectivity index (χ4v) is 2.16. The average Bonchev–Trinajstić information content (AvgIpc) is 2.69. The maximum absolute atomic E-state index is 13.4. The van der Waals surface area contributed by atoms with Gasteiger partial charge in [-0.1, -0.05) is 0 Å². The van der Waals surface area contributed by atoms with Gasteiger partial charge in [-0.3, -0.25) is 4.79 Å². The fraction of sp³-hybridized carbons (Fsp3) is 0.0909. The van der Waals surface area contributed by atoms with Gasteiger partial charge in [-0.05, 0) is 18.2 Å². The van der Waals surface area contributed by atoms with E-state index in [-0.39, 0.29) is 12.0 Å². The number of carbonyl (C=O) groups is 1. The molecule has 1 aromatic heterocycles. The molecule has 2 N–H and O–H groups in total. The third-order valence-corrected chi connectivity index (χ3v) is 2.93. The molecular weight excluding hydrogens is 246 g/mol. The predicted molar refractivity (Wildman–Crippen MR) is 60.4 cm³/mol. The maximum Gasteiger partial charge on any atom is 0.224 e. The van der Waals surface area contributed by atoms with E-state index in [1.54, 1.807) is 5.38 Å². The molecule has 0 saturated heterocycles. The molecule has 0 radical (unpaired) electrons. The molecule has 0 saturated carbocycles. The second kappa shape index (κ2) is 4.58. The summed E-state index contributed by atoms with van der Waals surface area (Å²) >= 11 is 1.19. The number of halogens is 2. The molecule has 3 nitrogen and oxygen atoms in total. The smallest absolute Gasteiger partial charge is 0.224 e. The summed E-state index contributed by atoms with van der Waals surface area (Å²) in [6.07, 6.45) is 0.00159. The van der Waals surface area contributed by atoms with Crippen LogP contribution in [0.4, 0.5) is 8.78 Å². The molecule has 17 heavy (non-hydrogen) atoms. The lowest BCUT2D eigenvalue weighted by atomic mass is 10.1. The number of thiazole rings is 1. The van der Waals surface area contributed by atoms with Crippen LogP contribution in [0.1, 0.15) is 5.01 Å². The molecule has 0 atom stereocenters. The number of hydrogen-bond donors (Lipinski definition) is 1. The largest absolute Gasteiger partial charge is 0.369 e. The molecule has 0 aliphatic heterocycles. The van der Waals surface area contributed by atoms with Crippen LogP contribution in [0.5, 0.6) is 0 Å². The summed E-state index contributed by atoms with van der Waals surface area (Å²) in [5, 5.41) is 2.05. The summed E-state index contributed by atoms with van der Waals surface area (Å²) in [5.41, 5.74) is 5.41. The van der Waals surface area contributed by atoms with Crippen molar-refractivity contribution in [3.63, 3.8) is 0 Å². The molecule has 1 aromatic carbocycles. The van der Waals surface area contributed by atoms with Gasteiger partial charge in [0.2, 0.25) is 5.91 Å². The molecule has 0 spiro atoms. The Morgan fingerprint density at radius 2 is 2.18 bits per heavy atom. The van der Waals surface area contributed by atoms with E-state index < -0.39 is 17.5 Å². The molecule has 2 rings (SSSR count). The van der Waals surface area contributed by atoms with Gasteiger partial charge >= 0.3 is 0 Å². The number of primary amides is 1. The first-order valence-electron chi connectivity index (χ1n) is 4.74. The van der Waals surface area contributed by atoms with E-state index in [1.807, 2.05) is 0 Å². The fourth-order valence-electron chi connectivity index (χ4n) is 1.36. The van der Waals surface area contributed by atoms with Gasteiger partial charge in [-0.2, -0.15) is 0 Å². The van der Waals surface area contributed by atoms with E-state index in [4.69, 9.17) is 5.73 Å². The Morgan fingerprint density at radius 1 is 1.41 bits per heavy atom. The van der Waals surface area contributed by atoms with Crippen LogP contribution in [0.15, 0.2) is 23.6 Å². The predicted octanol–water partition coefficient (Wildman–Crippen LogP) is 2.12. The van der Waals surface area contributed by atoms with Crippen LogP contribution in [0, 0.1) is 11.6 Å². The van der Waals surface area contributed by atoms with Crippen molar-refractivity contribution < 1.29 is 13.6 Å². The first kappa shape index (κ1) is 11.7.